The predicted molar refractivity (Wildman–Crippen MR) is 57.2 cm³/mol. The van der Waals surface area contributed by atoms with E-state index < -0.39 is 11.7 Å². The molecule has 0 aliphatic rings. The highest BCUT2D eigenvalue weighted by molar-refractivity contribution is 5.33. The Kier molecular flexibility index (Phi) is 2.79. The molecule has 1 aromatic carbocycles. The molecule has 0 aliphatic heterocycles. The lowest BCUT2D eigenvalue weighted by atomic mass is 10.1. The highest BCUT2D eigenvalue weighted by Gasteiger charge is 2.32. The standard InChI is InChI=1S/C11H10F3N3/c12-11(13,14)10-4-2-1-3-8(10)6-17-7-9(15)5-16-17/h1-5,7H,6,15H2. The number of aromatic nitrogens is 2. The zero-order valence-corrected chi connectivity index (χ0v) is 8.78. The number of nitrogen functional groups attached to an aromatic ring is 1. The average molecular weight is 241 g/mol. The molecule has 1 heterocycles. The Hall–Kier alpha value is -1.98. The highest BCUT2D eigenvalue weighted by atomic mass is 19.4. The molecule has 3 nitrogen and oxygen atoms in total. The maximum Gasteiger partial charge on any atom is 0.416 e. The van der Waals surface area contributed by atoms with Crippen LogP contribution in [-0.2, 0) is 12.7 Å². The lowest BCUT2D eigenvalue weighted by Crippen LogP contribution is -2.11. The summed E-state index contributed by atoms with van der Waals surface area (Å²) in [6, 6.07) is 5.42. The molecule has 0 aliphatic carbocycles. The van der Waals surface area contributed by atoms with E-state index in [4.69, 9.17) is 5.73 Å². The average Bonchev–Trinajstić information content (AvgIpc) is 2.63. The van der Waals surface area contributed by atoms with Gasteiger partial charge in [-0.2, -0.15) is 18.3 Å². The fourth-order valence-corrected chi connectivity index (χ4v) is 1.58. The van der Waals surface area contributed by atoms with Gasteiger partial charge < -0.3 is 5.73 Å². The minimum atomic E-state index is -4.35. The molecule has 17 heavy (non-hydrogen) atoms. The molecule has 2 N–H and O–H groups in total. The van der Waals surface area contributed by atoms with Crippen LogP contribution >= 0.6 is 0 Å². The van der Waals surface area contributed by atoms with Crippen LogP contribution in [0.25, 0.3) is 0 Å². The molecular weight excluding hydrogens is 231 g/mol. The third-order valence-corrected chi connectivity index (χ3v) is 2.31. The van der Waals surface area contributed by atoms with Crippen LogP contribution in [0.5, 0.6) is 0 Å². The number of hydrogen-bond donors (Lipinski definition) is 1. The molecule has 90 valence electrons. The van der Waals surface area contributed by atoms with E-state index in [1.807, 2.05) is 0 Å². The Labute approximate surface area is 95.7 Å². The van der Waals surface area contributed by atoms with Crippen LogP contribution in [-0.4, -0.2) is 9.78 Å². The van der Waals surface area contributed by atoms with Crippen LogP contribution in [0.2, 0.25) is 0 Å². The van der Waals surface area contributed by atoms with E-state index in [-0.39, 0.29) is 12.1 Å². The van der Waals surface area contributed by atoms with Crippen LogP contribution < -0.4 is 5.73 Å². The topological polar surface area (TPSA) is 43.8 Å². The van der Waals surface area contributed by atoms with Gasteiger partial charge in [-0.25, -0.2) is 0 Å². The lowest BCUT2D eigenvalue weighted by Gasteiger charge is -2.12. The summed E-state index contributed by atoms with van der Waals surface area (Å²) in [5.74, 6) is 0. The summed E-state index contributed by atoms with van der Waals surface area (Å²) in [6.45, 7) is 0.0485. The smallest absolute Gasteiger partial charge is 0.396 e. The zero-order chi connectivity index (χ0) is 12.5. The molecule has 0 unspecified atom stereocenters. The third-order valence-electron chi connectivity index (χ3n) is 2.31. The Bertz CT molecular complexity index is 517. The first-order valence-corrected chi connectivity index (χ1v) is 4.90. The molecule has 2 rings (SSSR count). The largest absolute Gasteiger partial charge is 0.416 e. The summed E-state index contributed by atoms with van der Waals surface area (Å²) < 4.78 is 39.5. The number of hydrogen-bond acceptors (Lipinski definition) is 2. The summed E-state index contributed by atoms with van der Waals surface area (Å²) in [6.07, 6.45) is -1.46. The monoisotopic (exact) mass is 241 g/mol. The number of nitrogens with zero attached hydrogens (tertiary/aromatic N) is 2. The van der Waals surface area contributed by atoms with Crippen molar-refractivity contribution >= 4 is 5.69 Å². The SMILES string of the molecule is Nc1cnn(Cc2ccccc2C(F)(F)F)c1. The fourth-order valence-electron chi connectivity index (χ4n) is 1.58. The van der Waals surface area contributed by atoms with Crippen molar-refractivity contribution in [2.75, 3.05) is 5.73 Å². The van der Waals surface area contributed by atoms with Gasteiger partial charge in [-0.15, -0.1) is 0 Å². The van der Waals surface area contributed by atoms with Gasteiger partial charge in [0.1, 0.15) is 0 Å². The molecular formula is C11H10F3N3. The quantitative estimate of drug-likeness (QED) is 0.878. The molecule has 0 spiro atoms. The molecule has 1 aromatic heterocycles. The third kappa shape index (κ3) is 2.58. The summed E-state index contributed by atoms with van der Waals surface area (Å²) in [5, 5.41) is 3.86. The zero-order valence-electron chi connectivity index (χ0n) is 8.78. The van der Waals surface area contributed by atoms with E-state index >= 15 is 0 Å². The van der Waals surface area contributed by atoms with Gasteiger partial charge in [-0.05, 0) is 11.6 Å². The van der Waals surface area contributed by atoms with E-state index in [0.717, 1.165) is 6.07 Å². The van der Waals surface area contributed by atoms with Crippen molar-refractivity contribution in [3.8, 4) is 0 Å². The molecule has 0 atom stereocenters. The number of halogens is 3. The first-order chi connectivity index (χ1) is 7.97. The summed E-state index contributed by atoms with van der Waals surface area (Å²) in [5.41, 5.74) is 5.40. The van der Waals surface area contributed by atoms with Gasteiger partial charge in [0.2, 0.25) is 0 Å². The molecule has 0 amide bonds. The van der Waals surface area contributed by atoms with Gasteiger partial charge in [-0.3, -0.25) is 4.68 Å². The highest BCUT2D eigenvalue weighted by Crippen LogP contribution is 2.32. The van der Waals surface area contributed by atoms with Crippen molar-refractivity contribution in [2.45, 2.75) is 12.7 Å². The predicted octanol–water partition coefficient (Wildman–Crippen LogP) is 2.53. The first-order valence-electron chi connectivity index (χ1n) is 4.90. The molecule has 2 aromatic rings. The van der Waals surface area contributed by atoms with Gasteiger partial charge in [0, 0.05) is 6.20 Å². The van der Waals surface area contributed by atoms with Crippen molar-refractivity contribution in [1.29, 1.82) is 0 Å². The number of alkyl halides is 3. The molecule has 0 saturated carbocycles. The van der Waals surface area contributed by atoms with Gasteiger partial charge in [0.05, 0.1) is 24.0 Å². The first kappa shape index (κ1) is 11.5. The Balaban J connectivity index is 2.33. The minimum Gasteiger partial charge on any atom is -0.396 e. The summed E-state index contributed by atoms with van der Waals surface area (Å²) >= 11 is 0. The van der Waals surface area contributed by atoms with E-state index in [1.54, 1.807) is 6.07 Å². The van der Waals surface area contributed by atoms with Gasteiger partial charge in [0.25, 0.3) is 0 Å². The van der Waals surface area contributed by atoms with Gasteiger partial charge in [0.15, 0.2) is 0 Å². The van der Waals surface area contributed by atoms with E-state index in [1.165, 1.54) is 29.2 Å². The Morgan fingerprint density at radius 1 is 1.24 bits per heavy atom. The Morgan fingerprint density at radius 2 is 1.94 bits per heavy atom. The maximum absolute atomic E-state index is 12.7. The normalized spacial score (nSPS) is 11.7. The van der Waals surface area contributed by atoms with Crippen LogP contribution in [0.4, 0.5) is 18.9 Å². The lowest BCUT2D eigenvalue weighted by molar-refractivity contribution is -0.138. The molecule has 0 fully saturated rings. The van der Waals surface area contributed by atoms with Crippen molar-refractivity contribution in [3.63, 3.8) is 0 Å². The van der Waals surface area contributed by atoms with E-state index in [0.29, 0.717) is 5.69 Å². The van der Waals surface area contributed by atoms with Crippen molar-refractivity contribution < 1.29 is 13.2 Å². The fraction of sp³-hybridized carbons (Fsp3) is 0.182. The summed E-state index contributed by atoms with van der Waals surface area (Å²) in [7, 11) is 0. The number of nitrogens with two attached hydrogens (primary N) is 1. The van der Waals surface area contributed by atoms with E-state index in [2.05, 4.69) is 5.10 Å². The summed E-state index contributed by atoms with van der Waals surface area (Å²) in [4.78, 5) is 0. The van der Waals surface area contributed by atoms with Gasteiger partial charge in [-0.1, -0.05) is 18.2 Å². The maximum atomic E-state index is 12.7. The second kappa shape index (κ2) is 4.12. The van der Waals surface area contributed by atoms with Gasteiger partial charge >= 0.3 is 6.18 Å². The molecule has 0 bridgehead atoms. The second-order valence-electron chi connectivity index (χ2n) is 3.63. The van der Waals surface area contributed by atoms with E-state index in [9.17, 15) is 13.2 Å². The van der Waals surface area contributed by atoms with Crippen LogP contribution in [0.15, 0.2) is 36.7 Å². The molecule has 0 saturated heterocycles. The molecule has 0 radical (unpaired) electrons. The number of anilines is 1. The second-order valence-corrected chi connectivity index (χ2v) is 3.63. The van der Waals surface area contributed by atoms with Crippen LogP contribution in [0.3, 0.4) is 0 Å². The number of rotatable bonds is 2. The number of benzene rings is 1. The van der Waals surface area contributed by atoms with Crippen LogP contribution in [0, 0.1) is 0 Å². The van der Waals surface area contributed by atoms with Crippen molar-refractivity contribution in [2.24, 2.45) is 0 Å². The van der Waals surface area contributed by atoms with Crippen molar-refractivity contribution in [3.05, 3.63) is 47.8 Å². The Morgan fingerprint density at radius 3 is 2.53 bits per heavy atom. The van der Waals surface area contributed by atoms with Crippen molar-refractivity contribution in [1.82, 2.24) is 9.78 Å². The van der Waals surface area contributed by atoms with Crippen LogP contribution in [0.1, 0.15) is 11.1 Å². The minimum absolute atomic E-state index is 0.0485. The molecule has 6 heteroatoms.